The van der Waals surface area contributed by atoms with Crippen LogP contribution in [0.3, 0.4) is 0 Å². The van der Waals surface area contributed by atoms with Crippen LogP contribution < -0.4 is 10.6 Å². The molecule has 0 aromatic heterocycles. The summed E-state index contributed by atoms with van der Waals surface area (Å²) >= 11 is 1.48. The Morgan fingerprint density at radius 3 is 2.10 bits per heavy atom. The molecular formula is C16H24N2O2S. The number of hydrogen-bond acceptors (Lipinski definition) is 3. The second-order valence-electron chi connectivity index (χ2n) is 5.55. The predicted octanol–water partition coefficient (Wildman–Crippen LogP) is 3.25. The molecule has 0 bridgehead atoms. The molecule has 2 N–H and O–H groups in total. The molecule has 1 aromatic rings. The smallest absolute Gasteiger partial charge is 0.321 e. The molecule has 0 atom stereocenters. The van der Waals surface area contributed by atoms with Crippen molar-refractivity contribution in [2.45, 2.75) is 52.5 Å². The number of carbonyl (C=O) groups excluding carboxylic acids is 2. The Morgan fingerprint density at radius 1 is 1.10 bits per heavy atom. The molecule has 5 heteroatoms. The summed E-state index contributed by atoms with van der Waals surface area (Å²) in [7, 11) is 0. The largest absolute Gasteiger partial charge is 0.336 e. The third-order valence-corrected chi connectivity index (χ3v) is 4.63. The first kappa shape index (κ1) is 17.6. The van der Waals surface area contributed by atoms with Crippen LogP contribution in [0.4, 0.5) is 4.79 Å². The molecule has 0 radical (unpaired) electrons. The number of carbonyl (C=O) groups is 2. The quantitative estimate of drug-likeness (QED) is 0.840. The average molecular weight is 308 g/mol. The highest BCUT2D eigenvalue weighted by Gasteiger charge is 2.13. The molecule has 3 amide bonds. The highest BCUT2D eigenvalue weighted by Crippen LogP contribution is 2.30. The molecule has 116 valence electrons. The third kappa shape index (κ3) is 5.08. The molecule has 0 aliphatic heterocycles. The van der Waals surface area contributed by atoms with Crippen molar-refractivity contribution >= 4 is 23.7 Å². The van der Waals surface area contributed by atoms with E-state index in [1.54, 1.807) is 0 Å². The van der Waals surface area contributed by atoms with Gasteiger partial charge in [0.15, 0.2) is 0 Å². The van der Waals surface area contributed by atoms with Crippen molar-refractivity contribution in [2.75, 3.05) is 5.75 Å². The maximum Gasteiger partial charge on any atom is 0.321 e. The number of thioether (sulfide) groups is 1. The van der Waals surface area contributed by atoms with Gasteiger partial charge < -0.3 is 5.32 Å². The van der Waals surface area contributed by atoms with Gasteiger partial charge in [0.25, 0.3) is 0 Å². The van der Waals surface area contributed by atoms with Crippen molar-refractivity contribution in [3.63, 3.8) is 0 Å². The zero-order valence-electron chi connectivity index (χ0n) is 13.6. The minimum Gasteiger partial charge on any atom is -0.336 e. The lowest BCUT2D eigenvalue weighted by atomic mass is 10.0. The topological polar surface area (TPSA) is 58.2 Å². The van der Waals surface area contributed by atoms with E-state index in [9.17, 15) is 9.59 Å². The first-order valence-electron chi connectivity index (χ1n) is 7.03. The van der Waals surface area contributed by atoms with Crippen LogP contribution in [-0.4, -0.2) is 23.7 Å². The Bertz CT molecular complexity index is 527. The summed E-state index contributed by atoms with van der Waals surface area (Å²) in [6, 6.07) is 1.73. The van der Waals surface area contributed by atoms with Gasteiger partial charge in [-0.2, -0.15) is 0 Å². The van der Waals surface area contributed by atoms with Gasteiger partial charge in [0.2, 0.25) is 5.91 Å². The molecule has 0 unspecified atom stereocenters. The van der Waals surface area contributed by atoms with Crippen LogP contribution in [0.25, 0.3) is 0 Å². The fourth-order valence-electron chi connectivity index (χ4n) is 2.00. The number of rotatable bonds is 4. The van der Waals surface area contributed by atoms with Crippen LogP contribution in [0, 0.1) is 27.7 Å². The summed E-state index contributed by atoms with van der Waals surface area (Å²) < 4.78 is 0. The van der Waals surface area contributed by atoms with Gasteiger partial charge in [-0.05, 0) is 63.8 Å². The lowest BCUT2D eigenvalue weighted by Crippen LogP contribution is -2.43. The number of nitrogens with one attached hydrogen (secondary N) is 2. The Balaban J connectivity index is 2.68. The van der Waals surface area contributed by atoms with Gasteiger partial charge in [-0.15, -0.1) is 11.8 Å². The SMILES string of the molecule is Cc1cc(C)c(C)c(SCC(=O)NC(=O)NC(C)C)c1C. The molecule has 21 heavy (non-hydrogen) atoms. The van der Waals surface area contributed by atoms with Crippen molar-refractivity contribution in [3.8, 4) is 0 Å². The highest BCUT2D eigenvalue weighted by atomic mass is 32.2. The summed E-state index contributed by atoms with van der Waals surface area (Å²) in [5, 5.41) is 4.97. The van der Waals surface area contributed by atoms with Crippen molar-refractivity contribution < 1.29 is 9.59 Å². The number of urea groups is 1. The average Bonchev–Trinajstić information content (AvgIpc) is 2.35. The van der Waals surface area contributed by atoms with Crippen LogP contribution in [0.2, 0.25) is 0 Å². The fourth-order valence-corrected chi connectivity index (χ4v) is 3.10. The zero-order chi connectivity index (χ0) is 16.2. The zero-order valence-corrected chi connectivity index (χ0v) is 14.4. The normalized spacial score (nSPS) is 10.6. The Morgan fingerprint density at radius 2 is 1.62 bits per heavy atom. The van der Waals surface area contributed by atoms with Gasteiger partial charge in [-0.1, -0.05) is 6.07 Å². The van der Waals surface area contributed by atoms with E-state index in [0.717, 1.165) is 4.90 Å². The van der Waals surface area contributed by atoms with E-state index < -0.39 is 6.03 Å². The molecule has 0 saturated carbocycles. The fraction of sp³-hybridized carbons (Fsp3) is 0.500. The predicted molar refractivity (Wildman–Crippen MR) is 87.9 cm³/mol. The number of hydrogen-bond donors (Lipinski definition) is 2. The summed E-state index contributed by atoms with van der Waals surface area (Å²) in [5.41, 5.74) is 4.84. The molecule has 0 fully saturated rings. The van der Waals surface area contributed by atoms with Crippen LogP contribution in [0.1, 0.15) is 36.1 Å². The molecule has 1 rings (SSSR count). The van der Waals surface area contributed by atoms with Gasteiger partial charge in [0.05, 0.1) is 5.75 Å². The van der Waals surface area contributed by atoms with E-state index in [2.05, 4.69) is 44.4 Å². The van der Waals surface area contributed by atoms with Gasteiger partial charge in [0.1, 0.15) is 0 Å². The number of amides is 3. The van der Waals surface area contributed by atoms with Crippen molar-refractivity contribution in [3.05, 3.63) is 28.3 Å². The van der Waals surface area contributed by atoms with Gasteiger partial charge in [-0.25, -0.2) is 4.79 Å². The molecule has 0 aliphatic carbocycles. The third-order valence-electron chi connectivity index (χ3n) is 3.32. The molecular weight excluding hydrogens is 284 g/mol. The van der Waals surface area contributed by atoms with Crippen molar-refractivity contribution in [1.29, 1.82) is 0 Å². The molecule has 0 spiro atoms. The van der Waals surface area contributed by atoms with Crippen molar-refractivity contribution in [1.82, 2.24) is 10.6 Å². The van der Waals surface area contributed by atoms with Crippen LogP contribution >= 0.6 is 11.8 Å². The van der Waals surface area contributed by atoms with Gasteiger partial charge in [0, 0.05) is 10.9 Å². The van der Waals surface area contributed by atoms with Crippen LogP contribution in [0.15, 0.2) is 11.0 Å². The van der Waals surface area contributed by atoms with E-state index >= 15 is 0 Å². The second kappa shape index (κ2) is 7.50. The standard InChI is InChI=1S/C16H24N2O2S/c1-9(2)17-16(20)18-14(19)8-21-15-12(5)10(3)7-11(4)13(15)6/h7,9H,8H2,1-6H3,(H2,17,18,19,20). The summed E-state index contributed by atoms with van der Waals surface area (Å²) in [5.74, 6) is -0.0491. The monoisotopic (exact) mass is 308 g/mol. The maximum atomic E-state index is 11.8. The first-order valence-corrected chi connectivity index (χ1v) is 8.01. The van der Waals surface area contributed by atoms with Gasteiger partial charge in [-0.3, -0.25) is 10.1 Å². The molecule has 1 aromatic carbocycles. The molecule has 0 saturated heterocycles. The maximum absolute atomic E-state index is 11.8. The van der Waals surface area contributed by atoms with Gasteiger partial charge >= 0.3 is 6.03 Å². The number of benzene rings is 1. The summed E-state index contributed by atoms with van der Waals surface area (Å²) in [6.07, 6.45) is 0. The van der Waals surface area contributed by atoms with E-state index in [0.29, 0.717) is 0 Å². The first-order chi connectivity index (χ1) is 9.72. The minimum atomic E-state index is -0.440. The second-order valence-corrected chi connectivity index (χ2v) is 6.54. The van der Waals surface area contributed by atoms with E-state index in [-0.39, 0.29) is 17.7 Å². The summed E-state index contributed by atoms with van der Waals surface area (Å²) in [4.78, 5) is 24.4. The Hall–Kier alpha value is -1.49. The lowest BCUT2D eigenvalue weighted by molar-refractivity contribution is -0.117. The van der Waals surface area contributed by atoms with Crippen LogP contribution in [-0.2, 0) is 4.79 Å². The lowest BCUT2D eigenvalue weighted by Gasteiger charge is -2.14. The summed E-state index contributed by atoms with van der Waals surface area (Å²) in [6.45, 7) is 12.0. The number of imide groups is 1. The van der Waals surface area contributed by atoms with Crippen molar-refractivity contribution in [2.24, 2.45) is 0 Å². The van der Waals surface area contributed by atoms with Crippen LogP contribution in [0.5, 0.6) is 0 Å². The molecule has 0 aliphatic rings. The molecule has 0 heterocycles. The number of aryl methyl sites for hydroxylation is 2. The van der Waals surface area contributed by atoms with E-state index in [1.807, 2.05) is 13.8 Å². The molecule has 4 nitrogen and oxygen atoms in total. The Labute approximate surface area is 131 Å². The Kier molecular flexibility index (Phi) is 6.27. The van der Waals surface area contributed by atoms with E-state index in [1.165, 1.54) is 34.0 Å². The van der Waals surface area contributed by atoms with E-state index in [4.69, 9.17) is 0 Å². The minimum absolute atomic E-state index is 0.00867. The highest BCUT2D eigenvalue weighted by molar-refractivity contribution is 8.00.